The van der Waals surface area contributed by atoms with Crippen LogP contribution in [0.25, 0.3) is 0 Å². The first kappa shape index (κ1) is 5.98. The number of rotatable bonds is 1. The second kappa shape index (κ2) is 2.13. The van der Waals surface area contributed by atoms with Gasteiger partial charge >= 0.3 is 0 Å². The van der Waals surface area contributed by atoms with E-state index in [0.29, 0.717) is 6.04 Å². The van der Waals surface area contributed by atoms with Gasteiger partial charge in [-0.2, -0.15) is 0 Å². The van der Waals surface area contributed by atoms with Crippen LogP contribution in [-0.2, 0) is 7.05 Å². The molecule has 1 aromatic rings. The van der Waals surface area contributed by atoms with E-state index in [1.165, 1.54) is 18.7 Å². The first-order valence-electron chi connectivity index (χ1n) is 3.72. The predicted octanol–water partition coefficient (Wildman–Crippen LogP) is 1.06. The Balaban J connectivity index is 2.23. The summed E-state index contributed by atoms with van der Waals surface area (Å²) in [6.07, 6.45) is 3.38. The molecule has 0 radical (unpaired) electrons. The van der Waals surface area contributed by atoms with E-state index in [-0.39, 0.29) is 0 Å². The molecule has 1 fully saturated rings. The topological polar surface area (TPSA) is 17.0 Å². The molecule has 2 heterocycles. The molecule has 0 unspecified atom stereocenters. The number of hydrogen-bond acceptors (Lipinski definition) is 1. The quantitative estimate of drug-likeness (QED) is 0.611. The highest BCUT2D eigenvalue weighted by molar-refractivity contribution is 5.13. The van der Waals surface area contributed by atoms with E-state index in [0.717, 1.165) is 0 Å². The molecule has 1 aromatic heterocycles. The summed E-state index contributed by atoms with van der Waals surface area (Å²) in [5.74, 6) is 0. The molecular weight excluding hydrogens is 124 g/mol. The van der Waals surface area contributed by atoms with Crippen molar-refractivity contribution in [2.24, 2.45) is 7.05 Å². The average molecular weight is 136 g/mol. The second-order valence-electron chi connectivity index (χ2n) is 2.84. The largest absolute Gasteiger partial charge is 0.353 e. The maximum Gasteiger partial charge on any atom is 0.0486 e. The van der Waals surface area contributed by atoms with Gasteiger partial charge in [-0.05, 0) is 25.1 Å². The van der Waals surface area contributed by atoms with Gasteiger partial charge in [-0.25, -0.2) is 0 Å². The van der Waals surface area contributed by atoms with Gasteiger partial charge in [0.25, 0.3) is 0 Å². The van der Waals surface area contributed by atoms with Gasteiger partial charge in [0.1, 0.15) is 0 Å². The fraction of sp³-hybridized carbons (Fsp3) is 0.500. The van der Waals surface area contributed by atoms with Gasteiger partial charge in [-0.3, -0.25) is 0 Å². The zero-order chi connectivity index (χ0) is 6.97. The van der Waals surface area contributed by atoms with E-state index in [4.69, 9.17) is 0 Å². The Morgan fingerprint density at radius 2 is 2.50 bits per heavy atom. The van der Waals surface area contributed by atoms with E-state index in [1.54, 1.807) is 0 Å². The van der Waals surface area contributed by atoms with Crippen LogP contribution in [0.1, 0.15) is 18.2 Å². The van der Waals surface area contributed by atoms with Gasteiger partial charge in [0.2, 0.25) is 0 Å². The average Bonchev–Trinajstić information content (AvgIpc) is 2.12. The summed E-state index contributed by atoms with van der Waals surface area (Å²) in [4.78, 5) is 0. The van der Waals surface area contributed by atoms with Crippen molar-refractivity contribution in [3.05, 3.63) is 24.0 Å². The summed E-state index contributed by atoms with van der Waals surface area (Å²) in [5.41, 5.74) is 1.41. The molecule has 0 bridgehead atoms. The molecule has 1 atom stereocenters. The third-order valence-corrected chi connectivity index (χ3v) is 2.16. The molecular formula is C8H12N2. The molecule has 54 valence electrons. The summed E-state index contributed by atoms with van der Waals surface area (Å²) in [5, 5.41) is 3.37. The van der Waals surface area contributed by atoms with Crippen molar-refractivity contribution < 1.29 is 0 Å². The Bertz CT molecular complexity index is 223. The molecule has 1 N–H and O–H groups in total. The number of aryl methyl sites for hydroxylation is 1. The monoisotopic (exact) mass is 136 g/mol. The normalized spacial score (nSPS) is 24.3. The number of aromatic nitrogens is 1. The zero-order valence-corrected chi connectivity index (χ0v) is 6.17. The van der Waals surface area contributed by atoms with E-state index >= 15 is 0 Å². The van der Waals surface area contributed by atoms with Crippen LogP contribution in [0.15, 0.2) is 18.3 Å². The van der Waals surface area contributed by atoms with Gasteiger partial charge in [0.15, 0.2) is 0 Å². The summed E-state index contributed by atoms with van der Waals surface area (Å²) in [7, 11) is 2.09. The first-order chi connectivity index (χ1) is 4.88. The molecule has 1 saturated heterocycles. The van der Waals surface area contributed by atoms with Crippen molar-refractivity contribution in [1.29, 1.82) is 0 Å². The van der Waals surface area contributed by atoms with E-state index in [1.807, 2.05) is 0 Å². The Hall–Kier alpha value is -0.760. The fourth-order valence-electron chi connectivity index (χ4n) is 1.38. The van der Waals surface area contributed by atoms with Gasteiger partial charge in [0, 0.05) is 25.0 Å². The molecule has 0 amide bonds. The summed E-state index contributed by atoms with van der Waals surface area (Å²) in [6.45, 7) is 1.18. The maximum atomic E-state index is 3.37. The molecule has 0 aromatic carbocycles. The highest BCUT2D eigenvalue weighted by Gasteiger charge is 2.19. The second-order valence-corrected chi connectivity index (χ2v) is 2.84. The number of nitrogens with one attached hydrogen (secondary N) is 1. The van der Waals surface area contributed by atoms with Crippen LogP contribution in [0.3, 0.4) is 0 Å². The lowest BCUT2D eigenvalue weighted by Crippen LogP contribution is -2.36. The molecule has 1 aliphatic rings. The van der Waals surface area contributed by atoms with Gasteiger partial charge in [-0.1, -0.05) is 0 Å². The van der Waals surface area contributed by atoms with Crippen LogP contribution < -0.4 is 5.32 Å². The van der Waals surface area contributed by atoms with Gasteiger partial charge in [-0.15, -0.1) is 0 Å². The van der Waals surface area contributed by atoms with Crippen LogP contribution in [0, 0.1) is 0 Å². The van der Waals surface area contributed by atoms with Crippen molar-refractivity contribution in [3.63, 3.8) is 0 Å². The van der Waals surface area contributed by atoms with E-state index in [2.05, 4.69) is 35.3 Å². The summed E-state index contributed by atoms with van der Waals surface area (Å²) >= 11 is 0. The maximum absolute atomic E-state index is 3.37. The van der Waals surface area contributed by atoms with Crippen molar-refractivity contribution in [1.82, 2.24) is 9.88 Å². The van der Waals surface area contributed by atoms with Crippen LogP contribution in [0.5, 0.6) is 0 Å². The van der Waals surface area contributed by atoms with E-state index < -0.39 is 0 Å². The Labute approximate surface area is 60.9 Å². The molecule has 2 rings (SSSR count). The van der Waals surface area contributed by atoms with Gasteiger partial charge in [0.05, 0.1) is 0 Å². The lowest BCUT2D eigenvalue weighted by Gasteiger charge is -2.28. The smallest absolute Gasteiger partial charge is 0.0486 e. The minimum Gasteiger partial charge on any atom is -0.353 e. The van der Waals surface area contributed by atoms with Crippen LogP contribution in [-0.4, -0.2) is 11.1 Å². The summed E-state index contributed by atoms with van der Waals surface area (Å²) < 4.78 is 2.18. The Kier molecular flexibility index (Phi) is 1.27. The minimum absolute atomic E-state index is 0.625. The molecule has 1 aliphatic heterocycles. The number of nitrogens with zero attached hydrogens (tertiary/aromatic N) is 1. The Morgan fingerprint density at radius 3 is 2.90 bits per heavy atom. The van der Waals surface area contributed by atoms with E-state index in [9.17, 15) is 0 Å². The fourth-order valence-corrected chi connectivity index (χ4v) is 1.38. The van der Waals surface area contributed by atoms with Crippen molar-refractivity contribution in [3.8, 4) is 0 Å². The highest BCUT2D eigenvalue weighted by Crippen LogP contribution is 2.21. The lowest BCUT2D eigenvalue weighted by molar-refractivity contribution is 0.367. The SMILES string of the molecule is Cn1cccc1[C@@H]1CCN1. The summed E-state index contributed by atoms with van der Waals surface area (Å²) in [6, 6.07) is 4.89. The molecule has 0 saturated carbocycles. The van der Waals surface area contributed by atoms with Crippen LogP contribution in [0.4, 0.5) is 0 Å². The number of hydrogen-bond donors (Lipinski definition) is 1. The highest BCUT2D eigenvalue weighted by atomic mass is 15.0. The van der Waals surface area contributed by atoms with Gasteiger partial charge < -0.3 is 9.88 Å². The first-order valence-corrected chi connectivity index (χ1v) is 3.72. The van der Waals surface area contributed by atoms with Crippen LogP contribution >= 0.6 is 0 Å². The minimum atomic E-state index is 0.625. The predicted molar refractivity (Wildman–Crippen MR) is 40.8 cm³/mol. The third kappa shape index (κ3) is 0.762. The zero-order valence-electron chi connectivity index (χ0n) is 6.17. The standard InChI is InChI=1S/C8H12N2/c1-10-6-2-3-8(10)7-4-5-9-7/h2-3,6-7,9H,4-5H2,1H3/t7-/m0/s1. The molecule has 10 heavy (non-hydrogen) atoms. The molecule has 2 nitrogen and oxygen atoms in total. The molecule has 2 heteroatoms. The third-order valence-electron chi connectivity index (χ3n) is 2.16. The van der Waals surface area contributed by atoms with Crippen LogP contribution in [0.2, 0.25) is 0 Å². The lowest BCUT2D eigenvalue weighted by atomic mass is 10.0. The Morgan fingerprint density at radius 1 is 1.70 bits per heavy atom. The van der Waals surface area contributed by atoms with Crippen molar-refractivity contribution in [2.75, 3.05) is 6.54 Å². The van der Waals surface area contributed by atoms with Crippen molar-refractivity contribution >= 4 is 0 Å². The van der Waals surface area contributed by atoms with Crippen molar-refractivity contribution in [2.45, 2.75) is 12.5 Å². The molecule has 0 aliphatic carbocycles. The molecule has 0 spiro atoms.